The second-order valence-electron chi connectivity index (χ2n) is 5.37. The summed E-state index contributed by atoms with van der Waals surface area (Å²) in [5.74, 6) is -0.120. The quantitative estimate of drug-likeness (QED) is 0.553. The van der Waals surface area contributed by atoms with Crippen molar-refractivity contribution in [1.29, 1.82) is 0 Å². The molecule has 0 aromatic heterocycles. The van der Waals surface area contributed by atoms with Gasteiger partial charge in [-0.1, -0.05) is 0 Å². The van der Waals surface area contributed by atoms with E-state index in [1.807, 2.05) is 38.0 Å². The van der Waals surface area contributed by atoms with Gasteiger partial charge in [-0.25, -0.2) is 12.7 Å². The molecular formula is C12H28N4O3S. The van der Waals surface area contributed by atoms with E-state index in [-0.39, 0.29) is 18.9 Å². The molecule has 0 saturated carbocycles. The molecule has 1 N–H and O–H groups in total. The van der Waals surface area contributed by atoms with Gasteiger partial charge >= 0.3 is 0 Å². The van der Waals surface area contributed by atoms with Crippen LogP contribution in [0.1, 0.15) is 6.42 Å². The lowest BCUT2D eigenvalue weighted by atomic mass is 10.4. The number of carbonyl (C=O) groups is 1. The number of nitrogens with zero attached hydrogens (tertiary/aromatic N) is 3. The van der Waals surface area contributed by atoms with Crippen LogP contribution < -0.4 is 5.32 Å². The summed E-state index contributed by atoms with van der Waals surface area (Å²) in [6.45, 7) is 2.59. The normalized spacial score (nSPS) is 12.4. The number of hydrogen-bond acceptors (Lipinski definition) is 5. The molecule has 0 bridgehead atoms. The fraction of sp³-hybridized carbons (Fsp3) is 0.917. The molecule has 0 aliphatic rings. The minimum Gasteiger partial charge on any atom is -0.355 e. The molecule has 0 rings (SSSR count). The summed E-state index contributed by atoms with van der Waals surface area (Å²) >= 11 is 0. The van der Waals surface area contributed by atoms with E-state index in [9.17, 15) is 13.2 Å². The van der Waals surface area contributed by atoms with E-state index in [4.69, 9.17) is 0 Å². The Labute approximate surface area is 123 Å². The molecule has 7 nitrogen and oxygen atoms in total. The first kappa shape index (κ1) is 19.3. The number of hydrogen-bond donors (Lipinski definition) is 1. The van der Waals surface area contributed by atoms with Crippen LogP contribution in [0.2, 0.25) is 0 Å². The summed E-state index contributed by atoms with van der Waals surface area (Å²) in [5, 5.41) is 2.77. The molecule has 0 aromatic rings. The van der Waals surface area contributed by atoms with Gasteiger partial charge in [0.2, 0.25) is 15.9 Å². The van der Waals surface area contributed by atoms with Crippen LogP contribution in [0.15, 0.2) is 0 Å². The van der Waals surface area contributed by atoms with E-state index in [1.54, 1.807) is 0 Å². The number of rotatable bonds is 10. The molecule has 8 heteroatoms. The van der Waals surface area contributed by atoms with E-state index in [0.717, 1.165) is 6.54 Å². The maximum Gasteiger partial charge on any atom is 0.221 e. The van der Waals surface area contributed by atoms with Crippen LogP contribution in [0.3, 0.4) is 0 Å². The van der Waals surface area contributed by atoms with Crippen LogP contribution in [0.25, 0.3) is 0 Å². The third kappa shape index (κ3) is 10.1. The van der Waals surface area contributed by atoms with Gasteiger partial charge in [0.1, 0.15) is 0 Å². The molecule has 0 atom stereocenters. The lowest BCUT2D eigenvalue weighted by molar-refractivity contribution is -0.121. The number of nitrogens with one attached hydrogen (secondary N) is 1. The van der Waals surface area contributed by atoms with Gasteiger partial charge in [-0.05, 0) is 28.2 Å². The largest absolute Gasteiger partial charge is 0.355 e. The summed E-state index contributed by atoms with van der Waals surface area (Å²) < 4.78 is 24.6. The Bertz CT molecular complexity index is 382. The van der Waals surface area contributed by atoms with Crippen molar-refractivity contribution >= 4 is 15.9 Å². The van der Waals surface area contributed by atoms with Crippen molar-refractivity contribution in [2.75, 3.05) is 67.2 Å². The maximum absolute atomic E-state index is 11.6. The van der Waals surface area contributed by atoms with Crippen molar-refractivity contribution in [3.8, 4) is 0 Å². The molecule has 0 aromatic carbocycles. The third-order valence-electron chi connectivity index (χ3n) is 2.74. The molecule has 0 spiro atoms. The number of carbonyl (C=O) groups excluding carboxylic acids is 1. The van der Waals surface area contributed by atoms with Crippen LogP contribution in [0.5, 0.6) is 0 Å². The number of amides is 1. The molecule has 120 valence electrons. The standard InChI is InChI=1S/C12H28N4O3S/c1-14(2)9-7-13-12(17)6-8-16(20(5,18)19)11-10-15(3)4/h6-11H2,1-5H3,(H,13,17). The predicted octanol–water partition coefficient (Wildman–Crippen LogP) is -1.12. The zero-order valence-electron chi connectivity index (χ0n) is 13.2. The SMILES string of the molecule is CN(C)CCNC(=O)CCN(CCN(C)C)S(C)(=O)=O. The summed E-state index contributed by atoms with van der Waals surface area (Å²) in [5.41, 5.74) is 0. The van der Waals surface area contributed by atoms with Gasteiger partial charge in [0.05, 0.1) is 6.26 Å². The van der Waals surface area contributed by atoms with Gasteiger partial charge in [-0.2, -0.15) is 0 Å². The zero-order chi connectivity index (χ0) is 15.8. The maximum atomic E-state index is 11.6. The Morgan fingerprint density at radius 2 is 1.50 bits per heavy atom. The first-order chi connectivity index (χ1) is 9.12. The van der Waals surface area contributed by atoms with Gasteiger partial charge in [0.25, 0.3) is 0 Å². The molecule has 0 aliphatic heterocycles. The summed E-state index contributed by atoms with van der Waals surface area (Å²) in [4.78, 5) is 15.5. The Hall–Kier alpha value is -0.700. The first-order valence-electron chi connectivity index (χ1n) is 6.64. The number of sulfonamides is 1. The van der Waals surface area contributed by atoms with Gasteiger partial charge in [0, 0.05) is 39.1 Å². The second-order valence-corrected chi connectivity index (χ2v) is 7.35. The van der Waals surface area contributed by atoms with E-state index < -0.39 is 10.0 Å². The predicted molar refractivity (Wildman–Crippen MR) is 81.2 cm³/mol. The minimum absolute atomic E-state index is 0.120. The Kier molecular flexibility index (Phi) is 8.95. The topological polar surface area (TPSA) is 73.0 Å². The highest BCUT2D eigenvalue weighted by molar-refractivity contribution is 7.88. The van der Waals surface area contributed by atoms with Crippen LogP contribution in [0.4, 0.5) is 0 Å². The fourth-order valence-electron chi connectivity index (χ4n) is 1.49. The zero-order valence-corrected chi connectivity index (χ0v) is 14.0. The van der Waals surface area contributed by atoms with Gasteiger partial charge in [-0.15, -0.1) is 0 Å². The molecule has 0 aliphatic carbocycles. The Morgan fingerprint density at radius 3 is 1.95 bits per heavy atom. The lowest BCUT2D eigenvalue weighted by Gasteiger charge is -2.21. The van der Waals surface area contributed by atoms with Gasteiger partial charge < -0.3 is 15.1 Å². The molecule has 0 saturated heterocycles. The Balaban J connectivity index is 4.16. The molecule has 0 unspecified atom stereocenters. The van der Waals surface area contributed by atoms with Crippen molar-refractivity contribution in [3.05, 3.63) is 0 Å². The van der Waals surface area contributed by atoms with Crippen molar-refractivity contribution in [2.45, 2.75) is 6.42 Å². The molecule has 0 fully saturated rings. The average molecular weight is 308 g/mol. The highest BCUT2D eigenvalue weighted by Gasteiger charge is 2.17. The lowest BCUT2D eigenvalue weighted by Crippen LogP contribution is -2.39. The number of likely N-dealkylation sites (N-methyl/N-ethyl adjacent to an activating group) is 2. The highest BCUT2D eigenvalue weighted by atomic mass is 32.2. The molecule has 0 radical (unpaired) electrons. The molecule has 1 amide bonds. The first-order valence-corrected chi connectivity index (χ1v) is 8.49. The van der Waals surface area contributed by atoms with Crippen LogP contribution in [0, 0.1) is 0 Å². The molecule has 20 heavy (non-hydrogen) atoms. The van der Waals surface area contributed by atoms with Crippen molar-refractivity contribution in [2.24, 2.45) is 0 Å². The van der Waals surface area contributed by atoms with E-state index >= 15 is 0 Å². The summed E-state index contributed by atoms with van der Waals surface area (Å²) in [7, 11) is 4.35. The molecular weight excluding hydrogens is 280 g/mol. The van der Waals surface area contributed by atoms with Crippen molar-refractivity contribution in [1.82, 2.24) is 19.4 Å². The monoisotopic (exact) mass is 308 g/mol. The highest BCUT2D eigenvalue weighted by Crippen LogP contribution is 2.00. The van der Waals surface area contributed by atoms with E-state index in [0.29, 0.717) is 19.6 Å². The van der Waals surface area contributed by atoms with E-state index in [2.05, 4.69) is 5.32 Å². The smallest absolute Gasteiger partial charge is 0.221 e. The van der Waals surface area contributed by atoms with Crippen molar-refractivity contribution < 1.29 is 13.2 Å². The Morgan fingerprint density at radius 1 is 0.950 bits per heavy atom. The van der Waals surface area contributed by atoms with Crippen molar-refractivity contribution in [3.63, 3.8) is 0 Å². The average Bonchev–Trinajstić information content (AvgIpc) is 2.26. The third-order valence-corrected chi connectivity index (χ3v) is 4.04. The fourth-order valence-corrected chi connectivity index (χ4v) is 2.32. The van der Waals surface area contributed by atoms with Crippen LogP contribution in [-0.2, 0) is 14.8 Å². The summed E-state index contributed by atoms with van der Waals surface area (Å²) in [6, 6.07) is 0. The van der Waals surface area contributed by atoms with Crippen LogP contribution in [-0.4, -0.2) is 95.6 Å². The second kappa shape index (κ2) is 9.28. The van der Waals surface area contributed by atoms with E-state index in [1.165, 1.54) is 10.6 Å². The van der Waals surface area contributed by atoms with Crippen LogP contribution >= 0.6 is 0 Å². The molecule has 0 heterocycles. The minimum atomic E-state index is -3.27. The van der Waals surface area contributed by atoms with Gasteiger partial charge in [-0.3, -0.25) is 4.79 Å². The summed E-state index contributed by atoms with van der Waals surface area (Å²) in [6.07, 6.45) is 1.36. The van der Waals surface area contributed by atoms with Gasteiger partial charge in [0.15, 0.2) is 0 Å².